The molecule has 0 unspecified atom stereocenters. The Bertz CT molecular complexity index is 576. The van der Waals surface area contributed by atoms with Crippen molar-refractivity contribution in [2.45, 2.75) is 31.7 Å². The van der Waals surface area contributed by atoms with Crippen LogP contribution >= 0.6 is 0 Å². The fraction of sp³-hybridized carbons (Fsp3) is 0.429. The van der Waals surface area contributed by atoms with Crippen LogP contribution in [0.15, 0.2) is 30.6 Å². The SMILES string of the molecule is O=C(COc1ccc(-n2cnnn2)cc1)NC1CCCC1. The first-order valence-corrected chi connectivity index (χ1v) is 7.07. The Hall–Kier alpha value is -2.44. The number of hydrogen-bond acceptors (Lipinski definition) is 5. The zero-order chi connectivity index (χ0) is 14.5. The predicted molar refractivity (Wildman–Crippen MR) is 75.0 cm³/mol. The van der Waals surface area contributed by atoms with Gasteiger partial charge in [-0.05, 0) is 47.5 Å². The molecule has 2 aromatic rings. The second kappa shape index (κ2) is 6.34. The second-order valence-electron chi connectivity index (χ2n) is 5.09. The first-order chi connectivity index (χ1) is 10.3. The van der Waals surface area contributed by atoms with Gasteiger partial charge in [-0.25, -0.2) is 4.68 Å². The van der Waals surface area contributed by atoms with Crippen LogP contribution in [0.25, 0.3) is 5.69 Å². The van der Waals surface area contributed by atoms with Crippen LogP contribution in [-0.4, -0.2) is 38.8 Å². The number of benzene rings is 1. The third-order valence-corrected chi connectivity index (χ3v) is 3.54. The van der Waals surface area contributed by atoms with E-state index in [9.17, 15) is 4.79 Å². The van der Waals surface area contributed by atoms with Gasteiger partial charge in [0.2, 0.25) is 0 Å². The Morgan fingerprint density at radius 1 is 1.29 bits per heavy atom. The lowest BCUT2D eigenvalue weighted by atomic mass is 10.2. The van der Waals surface area contributed by atoms with Gasteiger partial charge in [-0.2, -0.15) is 0 Å². The molecule has 110 valence electrons. The molecule has 0 bridgehead atoms. The van der Waals surface area contributed by atoms with E-state index in [0.717, 1.165) is 18.5 Å². The molecule has 0 aliphatic heterocycles. The highest BCUT2D eigenvalue weighted by atomic mass is 16.5. The highest BCUT2D eigenvalue weighted by Crippen LogP contribution is 2.18. The molecule has 1 aliphatic carbocycles. The smallest absolute Gasteiger partial charge is 0.258 e. The standard InChI is InChI=1S/C14H17N5O2/c20-14(16-11-3-1-2-4-11)9-21-13-7-5-12(6-8-13)19-10-15-17-18-19/h5-8,10-11H,1-4,9H2,(H,16,20). The van der Waals surface area contributed by atoms with Crippen molar-refractivity contribution in [2.24, 2.45) is 0 Å². The Morgan fingerprint density at radius 3 is 2.71 bits per heavy atom. The van der Waals surface area contributed by atoms with Gasteiger partial charge >= 0.3 is 0 Å². The second-order valence-corrected chi connectivity index (χ2v) is 5.09. The van der Waals surface area contributed by atoms with E-state index in [1.165, 1.54) is 19.2 Å². The third-order valence-electron chi connectivity index (χ3n) is 3.54. The lowest BCUT2D eigenvalue weighted by Crippen LogP contribution is -2.36. The van der Waals surface area contributed by atoms with Gasteiger partial charge in [0.05, 0.1) is 5.69 Å². The summed E-state index contributed by atoms with van der Waals surface area (Å²) < 4.78 is 7.03. The number of hydrogen-bond donors (Lipinski definition) is 1. The molecule has 1 fully saturated rings. The molecule has 0 spiro atoms. The summed E-state index contributed by atoms with van der Waals surface area (Å²) in [6.45, 7) is 0.0424. The Morgan fingerprint density at radius 2 is 2.05 bits per heavy atom. The average molecular weight is 287 g/mol. The van der Waals surface area contributed by atoms with Gasteiger partial charge in [-0.15, -0.1) is 5.10 Å². The van der Waals surface area contributed by atoms with Crippen LogP contribution in [0.2, 0.25) is 0 Å². The monoisotopic (exact) mass is 287 g/mol. The molecule has 1 N–H and O–H groups in total. The van der Waals surface area contributed by atoms with Gasteiger partial charge < -0.3 is 10.1 Å². The lowest BCUT2D eigenvalue weighted by molar-refractivity contribution is -0.123. The van der Waals surface area contributed by atoms with Gasteiger partial charge in [0.1, 0.15) is 12.1 Å². The van der Waals surface area contributed by atoms with Crippen molar-refractivity contribution >= 4 is 5.91 Å². The van der Waals surface area contributed by atoms with Crippen molar-refractivity contribution in [1.29, 1.82) is 0 Å². The fourth-order valence-corrected chi connectivity index (χ4v) is 2.46. The van der Waals surface area contributed by atoms with Crippen LogP contribution < -0.4 is 10.1 Å². The number of carbonyl (C=O) groups excluding carboxylic acids is 1. The zero-order valence-electron chi connectivity index (χ0n) is 11.6. The van der Waals surface area contributed by atoms with Crippen molar-refractivity contribution in [2.75, 3.05) is 6.61 Å². The molecule has 1 saturated carbocycles. The van der Waals surface area contributed by atoms with Crippen molar-refractivity contribution in [1.82, 2.24) is 25.5 Å². The molecular weight excluding hydrogens is 270 g/mol. The molecule has 1 heterocycles. The summed E-state index contributed by atoms with van der Waals surface area (Å²) >= 11 is 0. The van der Waals surface area contributed by atoms with E-state index in [4.69, 9.17) is 4.74 Å². The highest BCUT2D eigenvalue weighted by molar-refractivity contribution is 5.77. The van der Waals surface area contributed by atoms with E-state index in [1.807, 2.05) is 12.1 Å². The molecular formula is C14H17N5O2. The van der Waals surface area contributed by atoms with E-state index in [0.29, 0.717) is 11.8 Å². The van der Waals surface area contributed by atoms with Crippen LogP contribution in [0.5, 0.6) is 5.75 Å². The molecule has 0 saturated heterocycles. The van der Waals surface area contributed by atoms with Crippen LogP contribution in [0.1, 0.15) is 25.7 Å². The predicted octanol–water partition coefficient (Wildman–Crippen LogP) is 1.10. The molecule has 7 nitrogen and oxygen atoms in total. The first-order valence-electron chi connectivity index (χ1n) is 7.07. The van der Waals surface area contributed by atoms with E-state index in [1.54, 1.807) is 16.8 Å². The number of nitrogens with one attached hydrogen (secondary N) is 1. The molecule has 21 heavy (non-hydrogen) atoms. The maximum absolute atomic E-state index is 11.8. The number of tetrazole rings is 1. The van der Waals surface area contributed by atoms with E-state index in [-0.39, 0.29) is 12.5 Å². The maximum atomic E-state index is 11.8. The molecule has 1 aromatic carbocycles. The first kappa shape index (κ1) is 13.5. The van der Waals surface area contributed by atoms with Gasteiger partial charge in [-0.1, -0.05) is 12.8 Å². The average Bonchev–Trinajstić information content (AvgIpc) is 3.19. The quantitative estimate of drug-likeness (QED) is 0.890. The number of aromatic nitrogens is 4. The van der Waals surface area contributed by atoms with Crippen LogP contribution in [0, 0.1) is 0 Å². The number of ether oxygens (including phenoxy) is 1. The fourth-order valence-electron chi connectivity index (χ4n) is 2.46. The Balaban J connectivity index is 1.50. The zero-order valence-corrected chi connectivity index (χ0v) is 11.6. The van der Waals surface area contributed by atoms with Crippen LogP contribution in [0.4, 0.5) is 0 Å². The Labute approximate surface area is 122 Å². The Kier molecular flexibility index (Phi) is 4.09. The minimum atomic E-state index is -0.0635. The minimum Gasteiger partial charge on any atom is -0.484 e. The molecule has 0 atom stereocenters. The van der Waals surface area contributed by atoms with Gasteiger partial charge in [-0.3, -0.25) is 4.79 Å². The van der Waals surface area contributed by atoms with Gasteiger partial charge in [0.25, 0.3) is 5.91 Å². The molecule has 0 radical (unpaired) electrons. The topological polar surface area (TPSA) is 81.9 Å². The highest BCUT2D eigenvalue weighted by Gasteiger charge is 2.17. The molecule has 7 heteroatoms. The molecule has 3 rings (SSSR count). The summed E-state index contributed by atoms with van der Waals surface area (Å²) in [5.74, 6) is 0.583. The van der Waals surface area contributed by atoms with Crippen LogP contribution in [0.3, 0.4) is 0 Å². The minimum absolute atomic E-state index is 0.0424. The largest absolute Gasteiger partial charge is 0.484 e. The van der Waals surface area contributed by atoms with Crippen molar-refractivity contribution in [3.8, 4) is 11.4 Å². The molecule has 1 aromatic heterocycles. The summed E-state index contributed by atoms with van der Waals surface area (Å²) in [6.07, 6.45) is 6.07. The van der Waals surface area contributed by atoms with E-state index in [2.05, 4.69) is 20.8 Å². The van der Waals surface area contributed by atoms with Gasteiger partial charge in [0.15, 0.2) is 6.61 Å². The van der Waals surface area contributed by atoms with Crippen molar-refractivity contribution in [3.63, 3.8) is 0 Å². The van der Waals surface area contributed by atoms with Crippen molar-refractivity contribution in [3.05, 3.63) is 30.6 Å². The normalized spacial score (nSPS) is 15.0. The maximum Gasteiger partial charge on any atom is 0.258 e. The number of carbonyl (C=O) groups is 1. The lowest BCUT2D eigenvalue weighted by Gasteiger charge is -2.12. The summed E-state index contributed by atoms with van der Waals surface area (Å²) in [7, 11) is 0. The number of nitrogens with zero attached hydrogens (tertiary/aromatic N) is 4. The molecule has 1 amide bonds. The van der Waals surface area contributed by atoms with Crippen molar-refractivity contribution < 1.29 is 9.53 Å². The molecule has 1 aliphatic rings. The van der Waals surface area contributed by atoms with E-state index >= 15 is 0 Å². The van der Waals surface area contributed by atoms with Gasteiger partial charge in [0, 0.05) is 6.04 Å². The van der Waals surface area contributed by atoms with Crippen LogP contribution in [-0.2, 0) is 4.79 Å². The summed E-state index contributed by atoms with van der Waals surface area (Å²) in [4.78, 5) is 11.8. The summed E-state index contributed by atoms with van der Waals surface area (Å²) in [5.41, 5.74) is 0.836. The third kappa shape index (κ3) is 3.56. The number of amides is 1. The number of rotatable bonds is 5. The summed E-state index contributed by atoms with van der Waals surface area (Å²) in [5, 5.41) is 13.9. The summed E-state index contributed by atoms with van der Waals surface area (Å²) in [6, 6.07) is 7.57. The van der Waals surface area contributed by atoms with E-state index < -0.39 is 0 Å².